The third-order valence-corrected chi connectivity index (χ3v) is 3.11. The molecule has 0 bridgehead atoms. The maximum atomic E-state index is 5.45. The average Bonchev–Trinajstić information content (AvgIpc) is 2.98. The Balaban J connectivity index is 2.03. The van der Waals surface area contributed by atoms with Crippen molar-refractivity contribution >= 4 is 10.9 Å². The van der Waals surface area contributed by atoms with Crippen LogP contribution in [0.4, 0.5) is 0 Å². The van der Waals surface area contributed by atoms with E-state index in [1.54, 1.807) is 6.92 Å². The molecule has 0 radical (unpaired) electrons. The highest BCUT2D eigenvalue weighted by Crippen LogP contribution is 2.21. The van der Waals surface area contributed by atoms with Crippen molar-refractivity contribution in [2.24, 2.45) is 0 Å². The summed E-state index contributed by atoms with van der Waals surface area (Å²) in [6.07, 6.45) is 2.06. The monoisotopic (exact) mass is 256 g/mol. The molecule has 98 valence electrons. The van der Waals surface area contributed by atoms with E-state index in [0.717, 1.165) is 6.54 Å². The van der Waals surface area contributed by atoms with Gasteiger partial charge in [-0.3, -0.25) is 0 Å². The lowest BCUT2D eigenvalue weighted by molar-refractivity contribution is 0.457. The number of nitrogens with one attached hydrogen (secondary N) is 1. The zero-order valence-electron chi connectivity index (χ0n) is 11.1. The van der Waals surface area contributed by atoms with Crippen LogP contribution >= 0.6 is 0 Å². The van der Waals surface area contributed by atoms with Gasteiger partial charge >= 0.3 is 0 Å². The van der Waals surface area contributed by atoms with Gasteiger partial charge in [-0.2, -0.15) is 0 Å². The van der Waals surface area contributed by atoms with Gasteiger partial charge in [0.2, 0.25) is 11.8 Å². The van der Waals surface area contributed by atoms with E-state index in [2.05, 4.69) is 50.5 Å². The molecule has 3 aromatic rings. The number of rotatable bonds is 4. The largest absolute Gasteiger partial charge is 0.424 e. The van der Waals surface area contributed by atoms with E-state index in [-0.39, 0.29) is 0 Å². The Kier molecular flexibility index (Phi) is 3.05. The predicted molar refractivity (Wildman–Crippen MR) is 72.8 cm³/mol. The molecule has 3 rings (SSSR count). The number of benzene rings is 1. The van der Waals surface area contributed by atoms with Gasteiger partial charge in [0.15, 0.2) is 0 Å². The van der Waals surface area contributed by atoms with E-state index in [1.807, 2.05) is 7.05 Å². The topological polar surface area (TPSA) is 55.9 Å². The minimum Gasteiger partial charge on any atom is -0.424 e. The number of hydrogen-bond donors (Lipinski definition) is 1. The lowest BCUT2D eigenvalue weighted by Crippen LogP contribution is -2.08. The maximum Gasteiger partial charge on any atom is 0.236 e. The first-order valence-electron chi connectivity index (χ1n) is 6.28. The molecular formula is C14H16N4O. The zero-order chi connectivity index (χ0) is 13.2. The molecule has 0 atom stereocenters. The van der Waals surface area contributed by atoms with E-state index >= 15 is 0 Å². The highest BCUT2D eigenvalue weighted by molar-refractivity contribution is 5.83. The van der Waals surface area contributed by atoms with Crippen molar-refractivity contribution in [2.45, 2.75) is 20.0 Å². The van der Waals surface area contributed by atoms with Gasteiger partial charge in [-0.05, 0) is 24.1 Å². The van der Waals surface area contributed by atoms with Crippen LogP contribution in [-0.4, -0.2) is 21.8 Å². The average molecular weight is 256 g/mol. The van der Waals surface area contributed by atoms with Crippen molar-refractivity contribution in [3.8, 4) is 0 Å². The molecule has 0 fully saturated rings. The summed E-state index contributed by atoms with van der Waals surface area (Å²) in [6.45, 7) is 3.24. The molecule has 0 spiro atoms. The normalized spacial score (nSPS) is 11.3. The fourth-order valence-corrected chi connectivity index (χ4v) is 2.35. The second-order valence-electron chi connectivity index (χ2n) is 4.54. The number of aryl methyl sites for hydroxylation is 1. The standard InChI is InChI=1S/C14H16N4O/c1-10-16-17-13(19-10)9-18-7-6-11-4-3-5-12(8-15-2)14(11)18/h3-7,15H,8-9H2,1-2H3. The number of hydrogen-bond acceptors (Lipinski definition) is 4. The quantitative estimate of drug-likeness (QED) is 0.776. The first kappa shape index (κ1) is 11.9. The molecule has 5 heteroatoms. The van der Waals surface area contributed by atoms with Crippen molar-refractivity contribution in [1.29, 1.82) is 0 Å². The molecule has 0 aliphatic carbocycles. The minimum absolute atomic E-state index is 0.599. The summed E-state index contributed by atoms with van der Waals surface area (Å²) in [5, 5.41) is 12.3. The Hall–Kier alpha value is -2.14. The molecular weight excluding hydrogens is 240 g/mol. The number of para-hydroxylation sites is 1. The van der Waals surface area contributed by atoms with Gasteiger partial charge in [-0.25, -0.2) is 0 Å². The summed E-state index contributed by atoms with van der Waals surface area (Å²) >= 11 is 0. The van der Waals surface area contributed by atoms with Crippen molar-refractivity contribution in [3.63, 3.8) is 0 Å². The van der Waals surface area contributed by atoms with E-state index in [4.69, 9.17) is 4.42 Å². The SMILES string of the molecule is CNCc1cccc2ccn(Cc3nnc(C)o3)c12. The fourth-order valence-electron chi connectivity index (χ4n) is 2.35. The van der Waals surface area contributed by atoms with Gasteiger partial charge in [-0.1, -0.05) is 18.2 Å². The molecule has 5 nitrogen and oxygen atoms in total. The molecule has 0 amide bonds. The molecule has 2 aromatic heterocycles. The van der Waals surface area contributed by atoms with Crippen molar-refractivity contribution in [2.75, 3.05) is 7.05 Å². The molecule has 1 N–H and O–H groups in total. The second kappa shape index (κ2) is 4.85. The van der Waals surface area contributed by atoms with Crippen LogP contribution in [0, 0.1) is 6.92 Å². The third kappa shape index (κ3) is 2.24. The fraction of sp³-hybridized carbons (Fsp3) is 0.286. The van der Waals surface area contributed by atoms with E-state index in [0.29, 0.717) is 18.3 Å². The lowest BCUT2D eigenvalue weighted by atomic mass is 10.1. The Bertz CT molecular complexity index is 698. The first-order chi connectivity index (χ1) is 9.28. The molecule has 1 aromatic carbocycles. The number of nitrogens with zero attached hydrogens (tertiary/aromatic N) is 3. The van der Waals surface area contributed by atoms with Crippen LogP contribution in [-0.2, 0) is 13.1 Å². The predicted octanol–water partition coefficient (Wildman–Crippen LogP) is 2.10. The van der Waals surface area contributed by atoms with Gasteiger partial charge in [0.25, 0.3) is 0 Å². The van der Waals surface area contributed by atoms with Crippen LogP contribution < -0.4 is 5.32 Å². The molecule has 0 aliphatic heterocycles. The van der Waals surface area contributed by atoms with Gasteiger partial charge in [-0.15, -0.1) is 10.2 Å². The first-order valence-corrected chi connectivity index (χ1v) is 6.28. The smallest absolute Gasteiger partial charge is 0.236 e. The van der Waals surface area contributed by atoms with Crippen LogP contribution in [0.5, 0.6) is 0 Å². The summed E-state index contributed by atoms with van der Waals surface area (Å²) in [5.74, 6) is 1.23. The maximum absolute atomic E-state index is 5.45. The van der Waals surface area contributed by atoms with Crippen molar-refractivity contribution < 1.29 is 4.42 Å². The van der Waals surface area contributed by atoms with Gasteiger partial charge in [0, 0.05) is 19.7 Å². The second-order valence-corrected chi connectivity index (χ2v) is 4.54. The summed E-state index contributed by atoms with van der Waals surface area (Å²) in [5.41, 5.74) is 2.48. The molecule has 19 heavy (non-hydrogen) atoms. The summed E-state index contributed by atoms with van der Waals surface area (Å²) in [6, 6.07) is 8.44. The van der Waals surface area contributed by atoms with Crippen LogP contribution in [0.1, 0.15) is 17.3 Å². The highest BCUT2D eigenvalue weighted by atomic mass is 16.4. The lowest BCUT2D eigenvalue weighted by Gasteiger charge is -2.07. The van der Waals surface area contributed by atoms with E-state index in [9.17, 15) is 0 Å². The molecule has 0 saturated carbocycles. The van der Waals surface area contributed by atoms with Gasteiger partial charge in [0.05, 0.1) is 5.52 Å². The van der Waals surface area contributed by atoms with E-state index < -0.39 is 0 Å². The van der Waals surface area contributed by atoms with Crippen LogP contribution in [0.15, 0.2) is 34.9 Å². The number of aromatic nitrogens is 3. The Labute approximate surface area is 111 Å². The van der Waals surface area contributed by atoms with Gasteiger partial charge < -0.3 is 14.3 Å². The summed E-state index contributed by atoms with van der Waals surface area (Å²) < 4.78 is 7.59. The highest BCUT2D eigenvalue weighted by Gasteiger charge is 2.09. The van der Waals surface area contributed by atoms with Crippen molar-refractivity contribution in [1.82, 2.24) is 20.1 Å². The van der Waals surface area contributed by atoms with Gasteiger partial charge in [0.1, 0.15) is 6.54 Å². The molecule has 0 saturated heterocycles. The zero-order valence-corrected chi connectivity index (χ0v) is 11.1. The molecule has 0 aliphatic rings. The van der Waals surface area contributed by atoms with E-state index in [1.165, 1.54) is 16.5 Å². The number of fused-ring (bicyclic) bond motifs is 1. The van der Waals surface area contributed by atoms with Crippen LogP contribution in [0.3, 0.4) is 0 Å². The Morgan fingerprint density at radius 3 is 2.89 bits per heavy atom. The third-order valence-electron chi connectivity index (χ3n) is 3.11. The van der Waals surface area contributed by atoms with Crippen molar-refractivity contribution in [3.05, 3.63) is 47.8 Å². The Morgan fingerprint density at radius 2 is 2.16 bits per heavy atom. The Morgan fingerprint density at radius 1 is 1.26 bits per heavy atom. The van der Waals surface area contributed by atoms with Crippen LogP contribution in [0.2, 0.25) is 0 Å². The molecule has 0 unspecified atom stereocenters. The minimum atomic E-state index is 0.599. The molecule has 2 heterocycles. The summed E-state index contributed by atoms with van der Waals surface area (Å²) in [7, 11) is 1.95. The summed E-state index contributed by atoms with van der Waals surface area (Å²) in [4.78, 5) is 0. The van der Waals surface area contributed by atoms with Crippen LogP contribution in [0.25, 0.3) is 10.9 Å².